The van der Waals surface area contributed by atoms with Crippen molar-refractivity contribution in [1.29, 1.82) is 0 Å². The minimum atomic E-state index is -0.0991. The predicted molar refractivity (Wildman–Crippen MR) is 128 cm³/mol. The average Bonchev–Trinajstić information content (AvgIpc) is 2.83. The molecule has 0 N–H and O–H groups in total. The number of fused-ring (bicyclic) bond motifs is 1. The fourth-order valence-corrected chi connectivity index (χ4v) is 5.10. The highest BCUT2D eigenvalue weighted by atomic mass is 32.2. The quantitative estimate of drug-likeness (QED) is 0.608. The third kappa shape index (κ3) is 4.48. The summed E-state index contributed by atoms with van der Waals surface area (Å²) in [5, 5.41) is 0. The summed E-state index contributed by atoms with van der Waals surface area (Å²) in [6.07, 6.45) is 5.14. The number of ether oxygens (including phenoxy) is 2. The van der Waals surface area contributed by atoms with Gasteiger partial charge in [0.1, 0.15) is 0 Å². The van der Waals surface area contributed by atoms with Crippen LogP contribution in [0.2, 0.25) is 0 Å². The van der Waals surface area contributed by atoms with Gasteiger partial charge in [0, 0.05) is 30.6 Å². The summed E-state index contributed by atoms with van der Waals surface area (Å²) >= 11 is 1.42. The van der Waals surface area contributed by atoms with E-state index in [0.717, 1.165) is 42.1 Å². The summed E-state index contributed by atoms with van der Waals surface area (Å²) in [5.74, 6) is 1.25. The standard InChI is InChI=1S/C25H28N2O4S/c1-4-31-20-10-8-17(14-21(20)30-3)15-23-25(29)26(2)19-16-18(9-11-22(19)32-23)24(28)27-12-6-5-7-13-27/h8-11,14-16H,4-7,12-13H2,1-3H3. The van der Waals surface area contributed by atoms with Gasteiger partial charge in [-0.05, 0) is 68.2 Å². The van der Waals surface area contributed by atoms with Crippen LogP contribution in [0.15, 0.2) is 46.2 Å². The molecule has 0 atom stereocenters. The molecule has 1 saturated heterocycles. The van der Waals surface area contributed by atoms with E-state index in [-0.39, 0.29) is 11.8 Å². The number of carbonyl (C=O) groups is 2. The minimum Gasteiger partial charge on any atom is -0.493 e. The number of hydrogen-bond acceptors (Lipinski definition) is 5. The molecule has 0 aliphatic carbocycles. The number of benzene rings is 2. The molecule has 1 fully saturated rings. The molecule has 168 valence electrons. The van der Waals surface area contributed by atoms with Crippen LogP contribution in [0.1, 0.15) is 42.1 Å². The number of anilines is 1. The number of carbonyl (C=O) groups excluding carboxylic acids is 2. The Morgan fingerprint density at radius 3 is 2.59 bits per heavy atom. The first kappa shape index (κ1) is 22.3. The van der Waals surface area contributed by atoms with Crippen molar-refractivity contribution < 1.29 is 19.1 Å². The second-order valence-corrected chi connectivity index (χ2v) is 8.94. The molecule has 0 spiro atoms. The van der Waals surface area contributed by atoms with Gasteiger partial charge in [-0.25, -0.2) is 0 Å². The van der Waals surface area contributed by atoms with Crippen LogP contribution < -0.4 is 14.4 Å². The lowest BCUT2D eigenvalue weighted by Crippen LogP contribution is -2.36. The van der Waals surface area contributed by atoms with E-state index in [2.05, 4.69) is 0 Å². The van der Waals surface area contributed by atoms with Crippen molar-refractivity contribution in [3.8, 4) is 11.5 Å². The largest absolute Gasteiger partial charge is 0.493 e. The van der Waals surface area contributed by atoms with Gasteiger partial charge >= 0.3 is 0 Å². The lowest BCUT2D eigenvalue weighted by atomic mass is 10.1. The fraction of sp³-hybridized carbons (Fsp3) is 0.360. The van der Waals surface area contributed by atoms with Gasteiger partial charge < -0.3 is 19.3 Å². The van der Waals surface area contributed by atoms with Crippen LogP contribution in [0, 0.1) is 0 Å². The Hall–Kier alpha value is -2.93. The summed E-state index contributed by atoms with van der Waals surface area (Å²) in [4.78, 5) is 31.1. The molecule has 0 bridgehead atoms. The van der Waals surface area contributed by atoms with Gasteiger partial charge in [-0.15, -0.1) is 0 Å². The SMILES string of the molecule is CCOc1ccc(C=C2Sc3ccc(C(=O)N4CCCCC4)cc3N(C)C2=O)cc1OC. The molecule has 2 aromatic rings. The summed E-state index contributed by atoms with van der Waals surface area (Å²) in [7, 11) is 3.35. The number of likely N-dealkylation sites (N-methyl/N-ethyl adjacent to an activating group) is 1. The van der Waals surface area contributed by atoms with Crippen LogP contribution in [0.4, 0.5) is 5.69 Å². The molecule has 6 nitrogen and oxygen atoms in total. The third-order valence-electron chi connectivity index (χ3n) is 5.73. The van der Waals surface area contributed by atoms with Gasteiger partial charge in [0.25, 0.3) is 11.8 Å². The zero-order chi connectivity index (χ0) is 22.7. The second kappa shape index (κ2) is 9.69. The fourth-order valence-electron chi connectivity index (χ4n) is 4.01. The molecule has 0 saturated carbocycles. The van der Waals surface area contributed by atoms with Crippen LogP contribution in [-0.2, 0) is 4.79 Å². The molecule has 2 heterocycles. The number of thioether (sulfide) groups is 1. The highest BCUT2D eigenvalue weighted by Crippen LogP contribution is 2.42. The second-order valence-electron chi connectivity index (χ2n) is 7.85. The smallest absolute Gasteiger partial charge is 0.264 e. The zero-order valence-electron chi connectivity index (χ0n) is 18.7. The van der Waals surface area contributed by atoms with Crippen LogP contribution >= 0.6 is 11.8 Å². The maximum atomic E-state index is 13.1. The Morgan fingerprint density at radius 1 is 1.09 bits per heavy atom. The molecule has 0 unspecified atom stereocenters. The van der Waals surface area contributed by atoms with Crippen molar-refractivity contribution >= 4 is 35.3 Å². The monoisotopic (exact) mass is 452 g/mol. The van der Waals surface area contributed by atoms with Gasteiger partial charge in [0.15, 0.2) is 11.5 Å². The Labute approximate surface area is 193 Å². The Kier molecular flexibility index (Phi) is 6.74. The van der Waals surface area contributed by atoms with Crippen molar-refractivity contribution in [2.75, 3.05) is 38.8 Å². The first-order chi connectivity index (χ1) is 15.5. The molecule has 2 aliphatic heterocycles. The third-order valence-corrected chi connectivity index (χ3v) is 6.81. The molecule has 2 aliphatic rings. The van der Waals surface area contributed by atoms with Gasteiger partial charge in [0.05, 0.1) is 24.3 Å². The number of piperidine rings is 1. The lowest BCUT2D eigenvalue weighted by Gasteiger charge is -2.29. The Bertz CT molecular complexity index is 1060. The Morgan fingerprint density at radius 2 is 1.88 bits per heavy atom. The van der Waals surface area contributed by atoms with Crippen LogP contribution in [-0.4, -0.2) is 50.6 Å². The number of methoxy groups -OCH3 is 1. The van der Waals surface area contributed by atoms with E-state index in [0.29, 0.717) is 28.6 Å². The van der Waals surface area contributed by atoms with Crippen LogP contribution in [0.3, 0.4) is 0 Å². The maximum Gasteiger partial charge on any atom is 0.264 e. The van der Waals surface area contributed by atoms with Crippen molar-refractivity contribution in [3.63, 3.8) is 0 Å². The number of amides is 2. The molecular weight excluding hydrogens is 424 g/mol. The highest BCUT2D eigenvalue weighted by Gasteiger charge is 2.28. The molecule has 2 amide bonds. The predicted octanol–water partition coefficient (Wildman–Crippen LogP) is 4.83. The zero-order valence-corrected chi connectivity index (χ0v) is 19.5. The van der Waals surface area contributed by atoms with E-state index < -0.39 is 0 Å². The number of likely N-dealkylation sites (tertiary alicyclic amines) is 1. The molecule has 7 heteroatoms. The minimum absolute atomic E-state index is 0.0428. The first-order valence-electron chi connectivity index (χ1n) is 10.9. The summed E-state index contributed by atoms with van der Waals surface area (Å²) in [6.45, 7) is 4.08. The number of rotatable bonds is 5. The topological polar surface area (TPSA) is 59.1 Å². The molecule has 4 rings (SSSR count). The van der Waals surface area contributed by atoms with Gasteiger partial charge in [-0.2, -0.15) is 0 Å². The lowest BCUT2D eigenvalue weighted by molar-refractivity contribution is -0.114. The van der Waals surface area contributed by atoms with Gasteiger partial charge in [-0.1, -0.05) is 17.8 Å². The number of hydrogen-bond donors (Lipinski definition) is 0. The van der Waals surface area contributed by atoms with Crippen molar-refractivity contribution in [2.45, 2.75) is 31.1 Å². The summed E-state index contributed by atoms with van der Waals surface area (Å²) in [5.41, 5.74) is 2.26. The molecule has 0 radical (unpaired) electrons. The van der Waals surface area contributed by atoms with Crippen molar-refractivity contribution in [2.24, 2.45) is 0 Å². The molecule has 32 heavy (non-hydrogen) atoms. The van der Waals surface area contributed by atoms with E-state index in [1.807, 2.05) is 54.3 Å². The van der Waals surface area contributed by atoms with Crippen molar-refractivity contribution in [3.05, 3.63) is 52.4 Å². The van der Waals surface area contributed by atoms with E-state index in [4.69, 9.17) is 9.47 Å². The van der Waals surface area contributed by atoms with Crippen molar-refractivity contribution in [1.82, 2.24) is 4.90 Å². The molecule has 2 aromatic carbocycles. The van der Waals surface area contributed by atoms with Crippen LogP contribution in [0.25, 0.3) is 6.08 Å². The summed E-state index contributed by atoms with van der Waals surface area (Å²) < 4.78 is 11.0. The maximum absolute atomic E-state index is 13.1. The first-order valence-corrected chi connectivity index (χ1v) is 11.7. The molecule has 0 aromatic heterocycles. The number of nitrogens with zero attached hydrogens (tertiary/aromatic N) is 2. The molecular formula is C25H28N2O4S. The average molecular weight is 453 g/mol. The normalized spacial score (nSPS) is 17.3. The van der Waals surface area contributed by atoms with E-state index in [9.17, 15) is 9.59 Å². The van der Waals surface area contributed by atoms with E-state index >= 15 is 0 Å². The highest BCUT2D eigenvalue weighted by molar-refractivity contribution is 8.04. The van der Waals surface area contributed by atoms with E-state index in [1.165, 1.54) is 18.2 Å². The summed E-state index contributed by atoms with van der Waals surface area (Å²) in [6, 6.07) is 11.3. The Balaban J connectivity index is 1.60. The van der Waals surface area contributed by atoms with Gasteiger partial charge in [-0.3, -0.25) is 9.59 Å². The van der Waals surface area contributed by atoms with Crippen LogP contribution in [0.5, 0.6) is 11.5 Å². The van der Waals surface area contributed by atoms with E-state index in [1.54, 1.807) is 19.1 Å². The van der Waals surface area contributed by atoms with Gasteiger partial charge in [0.2, 0.25) is 0 Å².